The van der Waals surface area contributed by atoms with E-state index in [0.29, 0.717) is 5.00 Å². The Morgan fingerprint density at radius 3 is 2.65 bits per heavy atom. The van der Waals surface area contributed by atoms with Gasteiger partial charge in [-0.25, -0.2) is 0 Å². The molecule has 0 radical (unpaired) electrons. The van der Waals surface area contributed by atoms with Gasteiger partial charge in [-0.05, 0) is 28.1 Å². The molecule has 0 aromatic carbocycles. The molecule has 5 nitrogen and oxygen atoms in total. The van der Waals surface area contributed by atoms with E-state index < -0.39 is 11.4 Å². The number of thiophene rings is 1. The van der Waals surface area contributed by atoms with E-state index >= 15 is 0 Å². The molecule has 1 amide bonds. The topological polar surface area (TPSA) is 64.6 Å². The molecule has 7 heteroatoms. The number of amides is 1. The summed E-state index contributed by atoms with van der Waals surface area (Å²) in [4.78, 5) is 23.6. The van der Waals surface area contributed by atoms with Gasteiger partial charge in [0.15, 0.2) is 5.41 Å². The molecule has 1 N–H and O–H groups in total. The maximum atomic E-state index is 12.0. The Labute approximate surface area is 110 Å². The van der Waals surface area contributed by atoms with Crippen LogP contribution in [-0.2, 0) is 19.1 Å². The largest absolute Gasteiger partial charge is 0.468 e. The van der Waals surface area contributed by atoms with Crippen LogP contribution in [0.5, 0.6) is 0 Å². The smallest absolute Gasteiger partial charge is 0.326 e. The highest BCUT2D eigenvalue weighted by Gasteiger charge is 2.54. The third kappa shape index (κ3) is 2.22. The summed E-state index contributed by atoms with van der Waals surface area (Å²) in [7, 11) is 1.26. The van der Waals surface area contributed by atoms with Gasteiger partial charge in [-0.3, -0.25) is 9.59 Å². The van der Waals surface area contributed by atoms with Crippen LogP contribution in [0.15, 0.2) is 15.9 Å². The van der Waals surface area contributed by atoms with Crippen LogP contribution in [0.3, 0.4) is 0 Å². The van der Waals surface area contributed by atoms with Crippen LogP contribution in [0, 0.1) is 5.41 Å². The molecule has 0 atom stereocenters. The van der Waals surface area contributed by atoms with E-state index in [1.807, 2.05) is 6.07 Å². The lowest BCUT2D eigenvalue weighted by atomic mass is 9.85. The van der Waals surface area contributed by atoms with Crippen molar-refractivity contribution in [2.45, 2.75) is 0 Å². The number of carbonyl (C=O) groups excluding carboxylic acids is 2. The van der Waals surface area contributed by atoms with E-state index in [1.54, 1.807) is 6.07 Å². The third-order valence-corrected chi connectivity index (χ3v) is 4.06. The average Bonchev–Trinajstić information content (AvgIpc) is 2.62. The first-order valence-corrected chi connectivity index (χ1v) is 6.42. The molecule has 92 valence electrons. The highest BCUT2D eigenvalue weighted by Crippen LogP contribution is 2.33. The van der Waals surface area contributed by atoms with Crippen LogP contribution in [0.1, 0.15) is 0 Å². The van der Waals surface area contributed by atoms with E-state index in [2.05, 4.69) is 26.0 Å². The Balaban J connectivity index is 2.11. The Hall–Kier alpha value is -0.920. The van der Waals surface area contributed by atoms with Crippen LogP contribution < -0.4 is 5.32 Å². The van der Waals surface area contributed by atoms with Crippen LogP contribution in [0.4, 0.5) is 5.00 Å². The minimum atomic E-state index is -1.19. The lowest BCUT2D eigenvalue weighted by Gasteiger charge is -2.36. The van der Waals surface area contributed by atoms with Crippen molar-refractivity contribution in [1.29, 1.82) is 0 Å². The number of hydrogen-bond acceptors (Lipinski definition) is 5. The van der Waals surface area contributed by atoms with E-state index in [1.165, 1.54) is 18.4 Å². The van der Waals surface area contributed by atoms with Gasteiger partial charge in [0, 0.05) is 0 Å². The molecule has 1 fully saturated rings. The molecule has 1 aliphatic heterocycles. The number of ether oxygens (including phenoxy) is 2. The second kappa shape index (κ2) is 4.75. The molecule has 0 spiro atoms. The third-order valence-electron chi connectivity index (χ3n) is 2.52. The monoisotopic (exact) mass is 319 g/mol. The van der Waals surface area contributed by atoms with Gasteiger partial charge in [-0.15, -0.1) is 11.3 Å². The Morgan fingerprint density at radius 2 is 2.24 bits per heavy atom. The number of halogens is 1. The number of methoxy groups -OCH3 is 1. The summed E-state index contributed by atoms with van der Waals surface area (Å²) in [6.45, 7) is 0.135. The van der Waals surface area contributed by atoms with E-state index in [4.69, 9.17) is 4.74 Å². The molecule has 0 aliphatic carbocycles. The van der Waals surface area contributed by atoms with Crippen LogP contribution in [-0.4, -0.2) is 32.2 Å². The number of hydrogen-bond donors (Lipinski definition) is 1. The zero-order valence-electron chi connectivity index (χ0n) is 8.99. The highest BCUT2D eigenvalue weighted by atomic mass is 79.9. The molecule has 0 bridgehead atoms. The summed E-state index contributed by atoms with van der Waals surface area (Å²) < 4.78 is 10.5. The van der Waals surface area contributed by atoms with E-state index in [9.17, 15) is 9.59 Å². The lowest BCUT2D eigenvalue weighted by Crippen LogP contribution is -2.57. The molecular weight excluding hydrogens is 310 g/mol. The van der Waals surface area contributed by atoms with Crippen molar-refractivity contribution < 1.29 is 19.1 Å². The number of rotatable bonds is 3. The number of esters is 1. The van der Waals surface area contributed by atoms with Gasteiger partial charge in [0.1, 0.15) is 0 Å². The zero-order valence-corrected chi connectivity index (χ0v) is 11.4. The standard InChI is InChI=1S/C10H10BrNO4S/c1-15-9(14)10(4-16-5-10)8(13)12-7-3-2-6(11)17-7/h2-3H,4-5H2,1H3,(H,12,13). The molecule has 0 saturated carbocycles. The van der Waals surface area contributed by atoms with Gasteiger partial charge < -0.3 is 14.8 Å². The molecule has 1 aromatic heterocycles. The zero-order chi connectivity index (χ0) is 12.5. The van der Waals surface area contributed by atoms with E-state index in [-0.39, 0.29) is 19.1 Å². The maximum absolute atomic E-state index is 12.0. The summed E-state index contributed by atoms with van der Waals surface area (Å²) in [5.74, 6) is -0.943. The maximum Gasteiger partial charge on any atom is 0.326 e. The molecule has 1 saturated heterocycles. The van der Waals surface area contributed by atoms with Crippen molar-refractivity contribution in [2.75, 3.05) is 25.6 Å². The second-order valence-electron chi connectivity index (χ2n) is 3.62. The van der Waals surface area contributed by atoms with E-state index in [0.717, 1.165) is 3.79 Å². The molecule has 2 rings (SSSR count). The highest BCUT2D eigenvalue weighted by molar-refractivity contribution is 9.11. The first kappa shape index (κ1) is 12.5. The predicted molar refractivity (Wildman–Crippen MR) is 65.9 cm³/mol. The SMILES string of the molecule is COC(=O)C1(C(=O)Nc2ccc(Br)s2)COC1. The fraction of sp³-hybridized carbons (Fsp3) is 0.400. The summed E-state index contributed by atoms with van der Waals surface area (Å²) in [5.41, 5.74) is -1.19. The van der Waals surface area contributed by atoms with Crippen molar-refractivity contribution >= 4 is 44.1 Å². The predicted octanol–water partition coefficient (Wildman–Crippen LogP) is 1.64. The Bertz CT molecular complexity index is 455. The van der Waals surface area contributed by atoms with Gasteiger partial charge in [-0.2, -0.15) is 0 Å². The normalized spacial score (nSPS) is 17.1. The van der Waals surface area contributed by atoms with Crippen LogP contribution in [0.2, 0.25) is 0 Å². The average molecular weight is 320 g/mol. The van der Waals surface area contributed by atoms with Gasteiger partial charge in [0.25, 0.3) is 0 Å². The Kier molecular flexibility index (Phi) is 3.50. The van der Waals surface area contributed by atoms with Crippen LogP contribution >= 0.6 is 27.3 Å². The van der Waals surface area contributed by atoms with Gasteiger partial charge in [0.2, 0.25) is 5.91 Å². The summed E-state index contributed by atoms with van der Waals surface area (Å²) in [6.07, 6.45) is 0. The first-order chi connectivity index (χ1) is 8.08. The fourth-order valence-electron chi connectivity index (χ4n) is 1.46. The molecule has 1 aliphatic rings. The minimum absolute atomic E-state index is 0.0675. The lowest BCUT2D eigenvalue weighted by molar-refractivity contribution is -0.185. The molecule has 17 heavy (non-hydrogen) atoms. The van der Waals surface area contributed by atoms with Crippen molar-refractivity contribution in [2.24, 2.45) is 5.41 Å². The second-order valence-corrected chi connectivity index (χ2v) is 6.09. The number of nitrogens with one attached hydrogen (secondary N) is 1. The van der Waals surface area contributed by atoms with Gasteiger partial charge in [-0.1, -0.05) is 0 Å². The first-order valence-electron chi connectivity index (χ1n) is 4.81. The van der Waals surface area contributed by atoms with Crippen molar-refractivity contribution in [3.05, 3.63) is 15.9 Å². The van der Waals surface area contributed by atoms with Crippen molar-refractivity contribution in [1.82, 2.24) is 0 Å². The quantitative estimate of drug-likeness (QED) is 0.679. The Morgan fingerprint density at radius 1 is 1.53 bits per heavy atom. The fourth-order valence-corrected chi connectivity index (χ4v) is 2.74. The summed E-state index contributed by atoms with van der Waals surface area (Å²) >= 11 is 4.67. The van der Waals surface area contributed by atoms with Crippen LogP contribution in [0.25, 0.3) is 0 Å². The van der Waals surface area contributed by atoms with Crippen molar-refractivity contribution in [3.8, 4) is 0 Å². The molecule has 2 heterocycles. The summed E-state index contributed by atoms with van der Waals surface area (Å²) in [5, 5.41) is 3.37. The number of anilines is 1. The minimum Gasteiger partial charge on any atom is -0.468 e. The van der Waals surface area contributed by atoms with Gasteiger partial charge >= 0.3 is 5.97 Å². The van der Waals surface area contributed by atoms with Crippen molar-refractivity contribution in [3.63, 3.8) is 0 Å². The van der Waals surface area contributed by atoms with Gasteiger partial charge in [0.05, 0.1) is 29.1 Å². The summed E-state index contributed by atoms with van der Waals surface area (Å²) in [6, 6.07) is 3.58. The molecule has 0 unspecified atom stereocenters. The molecular formula is C10H10BrNO4S. The number of carbonyl (C=O) groups is 2. The molecule has 1 aromatic rings.